The van der Waals surface area contributed by atoms with Gasteiger partial charge < -0.3 is 14.5 Å². The number of benzene rings is 2. The summed E-state index contributed by atoms with van der Waals surface area (Å²) in [6.07, 6.45) is 4.15. The van der Waals surface area contributed by atoms with Gasteiger partial charge in [0.05, 0.1) is 19.7 Å². The summed E-state index contributed by atoms with van der Waals surface area (Å²) in [7, 11) is -1.14. The van der Waals surface area contributed by atoms with Crippen LogP contribution in [0.1, 0.15) is 37.7 Å². The Bertz CT molecular complexity index is 1320. The number of hydrogen-bond acceptors (Lipinski definition) is 5. The van der Waals surface area contributed by atoms with Gasteiger partial charge in [-0.1, -0.05) is 31.4 Å². The summed E-state index contributed by atoms with van der Waals surface area (Å²) in [6, 6.07) is 10.1. The average molecular weight is 475 g/mol. The zero-order chi connectivity index (χ0) is 23.6. The number of hydrogen-bond donors (Lipinski definition) is 1. The van der Waals surface area contributed by atoms with Gasteiger partial charge in [-0.15, -0.1) is 0 Å². The molecule has 33 heavy (non-hydrogen) atoms. The fraction of sp³-hybridized carbons (Fsp3) is 0.375. The second kappa shape index (κ2) is 9.52. The summed E-state index contributed by atoms with van der Waals surface area (Å²) in [6.45, 7) is -0.152. The van der Waals surface area contributed by atoms with Crippen LogP contribution in [0.5, 0.6) is 11.5 Å². The van der Waals surface area contributed by atoms with E-state index in [4.69, 9.17) is 9.47 Å². The molecule has 176 valence electrons. The molecule has 1 N–H and O–H groups in total. The first-order valence-corrected chi connectivity index (χ1v) is 12.3. The first-order valence-electron chi connectivity index (χ1n) is 10.9. The summed E-state index contributed by atoms with van der Waals surface area (Å²) >= 11 is 0. The molecule has 0 spiro atoms. The van der Waals surface area contributed by atoms with Crippen molar-refractivity contribution < 1.29 is 22.3 Å². The maximum atomic E-state index is 14.5. The molecule has 2 aromatic carbocycles. The SMILES string of the molecule is COc1cc2cc(CN(C3CCCCC3)S(=O)(=O)c3ccccc3F)c(=O)[nH]c2cc1OC. The second-order valence-corrected chi connectivity index (χ2v) is 10.0. The van der Waals surface area contributed by atoms with Gasteiger partial charge in [-0.3, -0.25) is 4.79 Å². The lowest BCUT2D eigenvalue weighted by atomic mass is 9.95. The first-order chi connectivity index (χ1) is 15.8. The van der Waals surface area contributed by atoms with Crippen LogP contribution >= 0.6 is 0 Å². The summed E-state index contributed by atoms with van der Waals surface area (Å²) in [5.74, 6) is 0.160. The molecule has 0 bridgehead atoms. The minimum absolute atomic E-state index is 0.152. The number of aromatic nitrogens is 1. The third kappa shape index (κ3) is 4.60. The van der Waals surface area contributed by atoms with E-state index in [1.807, 2.05) is 0 Å². The van der Waals surface area contributed by atoms with Gasteiger partial charge in [0.1, 0.15) is 10.7 Å². The zero-order valence-electron chi connectivity index (χ0n) is 18.6. The monoisotopic (exact) mass is 474 g/mol. The maximum Gasteiger partial charge on any atom is 0.252 e. The molecule has 1 aliphatic carbocycles. The van der Waals surface area contributed by atoms with E-state index in [0.717, 1.165) is 25.3 Å². The van der Waals surface area contributed by atoms with Crippen LogP contribution in [0.25, 0.3) is 10.9 Å². The molecule has 7 nitrogen and oxygen atoms in total. The second-order valence-electron chi connectivity index (χ2n) is 8.19. The largest absolute Gasteiger partial charge is 0.493 e. The van der Waals surface area contributed by atoms with Gasteiger partial charge in [0.15, 0.2) is 11.5 Å². The number of pyridine rings is 1. The standard InChI is InChI=1S/C24H27FN2O5S/c1-31-21-13-16-12-17(24(28)26-20(16)14-22(21)32-2)15-27(18-8-4-3-5-9-18)33(29,30)23-11-7-6-10-19(23)25/h6-7,10-14,18H,3-5,8-9,15H2,1-2H3,(H,26,28). The summed E-state index contributed by atoms with van der Waals surface area (Å²) in [5, 5.41) is 0.675. The normalized spacial score (nSPS) is 15.2. The third-order valence-corrected chi connectivity index (χ3v) is 8.09. The number of halogens is 1. The van der Waals surface area contributed by atoms with Crippen molar-refractivity contribution in [1.82, 2.24) is 9.29 Å². The van der Waals surface area contributed by atoms with Crippen LogP contribution in [0.15, 0.2) is 52.2 Å². The molecule has 3 aromatic rings. The molecule has 1 fully saturated rings. The van der Waals surface area contributed by atoms with E-state index in [-0.39, 0.29) is 23.0 Å². The number of nitrogens with one attached hydrogen (secondary N) is 1. The number of H-pyrrole nitrogens is 1. The number of nitrogens with zero attached hydrogens (tertiary/aromatic N) is 1. The highest BCUT2D eigenvalue weighted by atomic mass is 32.2. The molecule has 1 aliphatic rings. The van der Waals surface area contributed by atoms with Crippen LogP contribution < -0.4 is 15.0 Å². The van der Waals surface area contributed by atoms with Crippen molar-refractivity contribution in [2.75, 3.05) is 14.2 Å². The van der Waals surface area contributed by atoms with Crippen molar-refractivity contribution in [1.29, 1.82) is 0 Å². The number of fused-ring (bicyclic) bond motifs is 1. The predicted molar refractivity (Wildman–Crippen MR) is 124 cm³/mol. The number of sulfonamides is 1. The highest BCUT2D eigenvalue weighted by Gasteiger charge is 2.34. The minimum Gasteiger partial charge on any atom is -0.493 e. The van der Waals surface area contributed by atoms with Crippen molar-refractivity contribution >= 4 is 20.9 Å². The van der Waals surface area contributed by atoms with Crippen LogP contribution in [0.2, 0.25) is 0 Å². The van der Waals surface area contributed by atoms with Crippen LogP contribution in [0.4, 0.5) is 4.39 Å². The lowest BCUT2D eigenvalue weighted by Gasteiger charge is -2.33. The Kier molecular flexibility index (Phi) is 6.71. The number of aromatic amines is 1. The Balaban J connectivity index is 1.80. The molecule has 0 radical (unpaired) electrons. The van der Waals surface area contributed by atoms with Gasteiger partial charge in [0, 0.05) is 29.6 Å². The van der Waals surface area contributed by atoms with E-state index in [2.05, 4.69) is 4.98 Å². The molecule has 9 heteroatoms. The smallest absolute Gasteiger partial charge is 0.252 e. The summed E-state index contributed by atoms with van der Waals surface area (Å²) in [4.78, 5) is 15.3. The van der Waals surface area contributed by atoms with Gasteiger partial charge >= 0.3 is 0 Å². The molecule has 1 saturated carbocycles. The van der Waals surface area contributed by atoms with E-state index in [1.165, 1.54) is 36.7 Å². The van der Waals surface area contributed by atoms with Gasteiger partial charge in [0.2, 0.25) is 10.0 Å². The Morgan fingerprint density at radius 1 is 1.03 bits per heavy atom. The van der Waals surface area contributed by atoms with E-state index >= 15 is 0 Å². The van der Waals surface area contributed by atoms with E-state index in [0.29, 0.717) is 35.2 Å². The van der Waals surface area contributed by atoms with Gasteiger partial charge in [-0.05, 0) is 37.1 Å². The lowest BCUT2D eigenvalue weighted by Crippen LogP contribution is -2.42. The average Bonchev–Trinajstić information content (AvgIpc) is 2.82. The van der Waals surface area contributed by atoms with Crippen LogP contribution in [0.3, 0.4) is 0 Å². The predicted octanol–water partition coefficient (Wildman–Crippen LogP) is 4.21. The highest BCUT2D eigenvalue weighted by molar-refractivity contribution is 7.89. The van der Waals surface area contributed by atoms with Crippen molar-refractivity contribution in [2.24, 2.45) is 0 Å². The third-order valence-electron chi connectivity index (χ3n) is 6.16. The molecule has 1 heterocycles. The van der Waals surface area contributed by atoms with Gasteiger partial charge in [-0.25, -0.2) is 12.8 Å². The number of rotatable bonds is 7. The fourth-order valence-electron chi connectivity index (χ4n) is 4.42. The van der Waals surface area contributed by atoms with Crippen molar-refractivity contribution in [3.05, 3.63) is 64.2 Å². The Hall–Kier alpha value is -2.91. The molecular formula is C24H27FN2O5S. The van der Waals surface area contributed by atoms with Crippen molar-refractivity contribution in [3.8, 4) is 11.5 Å². The van der Waals surface area contributed by atoms with Crippen LogP contribution in [0, 0.1) is 5.82 Å². The van der Waals surface area contributed by atoms with E-state index < -0.39 is 21.4 Å². The van der Waals surface area contributed by atoms with Gasteiger partial charge in [-0.2, -0.15) is 4.31 Å². The van der Waals surface area contributed by atoms with Crippen molar-refractivity contribution in [3.63, 3.8) is 0 Å². The summed E-state index contributed by atoms with van der Waals surface area (Å²) < 4.78 is 53.5. The molecule has 0 aliphatic heterocycles. The van der Waals surface area contributed by atoms with E-state index in [1.54, 1.807) is 18.2 Å². The number of methoxy groups -OCH3 is 2. The minimum atomic E-state index is -4.16. The maximum absolute atomic E-state index is 14.5. The lowest BCUT2D eigenvalue weighted by molar-refractivity contribution is 0.246. The molecule has 4 rings (SSSR count). The molecule has 0 amide bonds. The number of ether oxygens (including phenoxy) is 2. The van der Waals surface area contributed by atoms with Gasteiger partial charge in [0.25, 0.3) is 5.56 Å². The zero-order valence-corrected chi connectivity index (χ0v) is 19.5. The Morgan fingerprint density at radius 3 is 2.36 bits per heavy atom. The quantitative estimate of drug-likeness (QED) is 0.554. The van der Waals surface area contributed by atoms with Crippen LogP contribution in [-0.2, 0) is 16.6 Å². The molecule has 0 atom stereocenters. The molecule has 0 saturated heterocycles. The highest BCUT2D eigenvalue weighted by Crippen LogP contribution is 2.33. The first kappa shape index (κ1) is 23.3. The Morgan fingerprint density at radius 2 is 1.70 bits per heavy atom. The summed E-state index contributed by atoms with van der Waals surface area (Å²) in [5.41, 5.74) is 0.419. The molecule has 1 aromatic heterocycles. The van der Waals surface area contributed by atoms with Crippen LogP contribution in [-0.4, -0.2) is 38.0 Å². The fourth-order valence-corrected chi connectivity index (χ4v) is 6.15. The van der Waals surface area contributed by atoms with E-state index in [9.17, 15) is 17.6 Å². The molecular weight excluding hydrogens is 447 g/mol. The van der Waals surface area contributed by atoms with Crippen molar-refractivity contribution in [2.45, 2.75) is 49.6 Å². The Labute approximate surface area is 192 Å². The topological polar surface area (TPSA) is 88.7 Å². The molecule has 0 unspecified atom stereocenters.